The van der Waals surface area contributed by atoms with Crippen molar-refractivity contribution in [2.45, 2.75) is 32.3 Å². The second-order valence-electron chi connectivity index (χ2n) is 7.68. The van der Waals surface area contributed by atoms with Gasteiger partial charge in [-0.25, -0.2) is 14.5 Å². The number of para-hydroxylation sites is 2. The van der Waals surface area contributed by atoms with Crippen molar-refractivity contribution in [1.29, 1.82) is 0 Å². The molecule has 0 spiro atoms. The predicted octanol–water partition coefficient (Wildman–Crippen LogP) is 0.734. The Labute approximate surface area is 170 Å². The summed E-state index contributed by atoms with van der Waals surface area (Å²) in [5, 5.41) is 9.65. The highest BCUT2D eigenvalue weighted by atomic mass is 16.5. The van der Waals surface area contributed by atoms with Crippen LogP contribution in [0.1, 0.15) is 25.5 Å². The highest BCUT2D eigenvalue weighted by Crippen LogP contribution is 2.26. The first kappa shape index (κ1) is 18.4. The fourth-order valence-corrected chi connectivity index (χ4v) is 4.27. The largest absolute Gasteiger partial charge is 0.763 e. The van der Waals surface area contributed by atoms with Gasteiger partial charge >= 0.3 is 11.6 Å². The minimum Gasteiger partial charge on any atom is -0.763 e. The number of carbonyl (C=O) groups is 1. The molecule has 0 bridgehead atoms. The van der Waals surface area contributed by atoms with Gasteiger partial charge in [0.05, 0.1) is 35.6 Å². The molecule has 2 unspecified atom stereocenters. The van der Waals surface area contributed by atoms with Crippen molar-refractivity contribution in [2.24, 2.45) is 13.0 Å². The normalized spacial score (nSPS) is 18.9. The minimum atomic E-state index is -0.391. The Balaban J connectivity index is 1.75. The first-order valence-corrected chi connectivity index (χ1v) is 9.91. The second kappa shape index (κ2) is 6.71. The number of fused-ring (bicyclic) bond motifs is 4. The molecule has 5 rings (SSSR count). The number of aromatic nitrogens is 4. The van der Waals surface area contributed by atoms with E-state index in [-0.39, 0.29) is 28.7 Å². The number of nitrogens with zero attached hydrogens (tertiary/aromatic N) is 5. The van der Waals surface area contributed by atoms with Crippen LogP contribution in [0.25, 0.3) is 33.3 Å². The fourth-order valence-electron chi connectivity index (χ4n) is 4.27. The maximum Gasteiger partial charge on any atom is 0.337 e. The summed E-state index contributed by atoms with van der Waals surface area (Å²) in [7, 11) is 1.78. The van der Waals surface area contributed by atoms with Crippen molar-refractivity contribution in [3.63, 3.8) is 0 Å². The van der Waals surface area contributed by atoms with Gasteiger partial charge in [0, 0.05) is 0 Å². The molecule has 2 atom stereocenters. The molecule has 1 aliphatic heterocycles. The number of hydrogen-bond acceptors (Lipinski definition) is 5. The van der Waals surface area contributed by atoms with Gasteiger partial charge in [0.1, 0.15) is 23.5 Å². The molecule has 0 N–H and O–H groups in total. The summed E-state index contributed by atoms with van der Waals surface area (Å²) in [6.07, 6.45) is 3.51. The molecule has 4 aromatic rings. The van der Waals surface area contributed by atoms with E-state index in [1.807, 2.05) is 37.2 Å². The maximum atomic E-state index is 13.1. The van der Waals surface area contributed by atoms with E-state index in [1.54, 1.807) is 22.1 Å². The zero-order valence-electron chi connectivity index (χ0n) is 16.6. The van der Waals surface area contributed by atoms with E-state index in [9.17, 15) is 15.0 Å². The van der Waals surface area contributed by atoms with Crippen LogP contribution >= 0.6 is 0 Å². The Bertz CT molecular complexity index is 1490. The summed E-state index contributed by atoms with van der Waals surface area (Å²) in [5.41, 5.74) is 2.83. The SMILES string of the molecule is CCC1CC(Cc2cn3c4nc5ccccc5nc4c(=C=[N-])c(=O)c3[n+]2C)OC1=O. The number of benzene rings is 1. The van der Waals surface area contributed by atoms with Crippen molar-refractivity contribution in [2.75, 3.05) is 0 Å². The number of rotatable bonds is 3. The molecule has 1 fully saturated rings. The summed E-state index contributed by atoms with van der Waals surface area (Å²) in [4.78, 5) is 34.3. The van der Waals surface area contributed by atoms with E-state index in [0.717, 1.165) is 12.1 Å². The zero-order chi connectivity index (χ0) is 21.0. The molecular formula is C22H19N5O3. The average Bonchev–Trinajstić information content (AvgIpc) is 3.27. The van der Waals surface area contributed by atoms with Gasteiger partial charge in [-0.15, -0.1) is 0 Å². The molecule has 1 aliphatic rings. The minimum absolute atomic E-state index is 0.0191. The monoisotopic (exact) mass is 401 g/mol. The van der Waals surface area contributed by atoms with Crippen LogP contribution < -0.4 is 15.2 Å². The van der Waals surface area contributed by atoms with Crippen molar-refractivity contribution < 1.29 is 14.1 Å². The van der Waals surface area contributed by atoms with Crippen molar-refractivity contribution >= 4 is 39.7 Å². The molecule has 1 saturated heterocycles. The van der Waals surface area contributed by atoms with Gasteiger partial charge in [0.15, 0.2) is 0 Å². The number of esters is 1. The van der Waals surface area contributed by atoms with E-state index in [4.69, 9.17) is 9.72 Å². The average molecular weight is 401 g/mol. The molecule has 0 aliphatic carbocycles. The number of ether oxygens (including phenoxy) is 1. The third-order valence-electron chi connectivity index (χ3n) is 5.91. The zero-order valence-corrected chi connectivity index (χ0v) is 16.6. The van der Waals surface area contributed by atoms with E-state index >= 15 is 0 Å². The van der Waals surface area contributed by atoms with Gasteiger partial charge in [0.2, 0.25) is 0 Å². The summed E-state index contributed by atoms with van der Waals surface area (Å²) in [6, 6.07) is 7.36. The lowest BCUT2D eigenvalue weighted by molar-refractivity contribution is -0.653. The standard InChI is InChI=1S/C22H19N5O3/c1-3-12-8-14(30-22(12)29)9-13-11-27-20-18(15(10-23)19(28)21(27)26(13)2)24-16-6-4-5-7-17(16)25-20/h4-7,11-12,14H,3,8-9H2,1-2H3. The van der Waals surface area contributed by atoms with Gasteiger partial charge in [0.25, 0.3) is 11.1 Å². The molecule has 8 heteroatoms. The highest BCUT2D eigenvalue weighted by Gasteiger charge is 2.35. The fraction of sp³-hybridized carbons (Fsp3) is 0.318. The smallest absolute Gasteiger partial charge is 0.337 e. The van der Waals surface area contributed by atoms with Crippen LogP contribution in [0.2, 0.25) is 0 Å². The number of pyridine rings is 1. The molecule has 1 aromatic carbocycles. The van der Waals surface area contributed by atoms with E-state index in [0.29, 0.717) is 35.2 Å². The molecule has 0 amide bonds. The summed E-state index contributed by atoms with van der Waals surface area (Å²) < 4.78 is 8.97. The van der Waals surface area contributed by atoms with Crippen LogP contribution in [0, 0.1) is 5.92 Å². The number of aryl methyl sites for hydroxylation is 1. The van der Waals surface area contributed by atoms with E-state index in [2.05, 4.69) is 4.98 Å². The van der Waals surface area contributed by atoms with Crippen LogP contribution in [0.5, 0.6) is 0 Å². The van der Waals surface area contributed by atoms with Crippen molar-refractivity contribution in [3.05, 3.63) is 57.0 Å². The Morgan fingerprint density at radius 1 is 1.27 bits per heavy atom. The third kappa shape index (κ3) is 2.61. The number of carbonyl (C=O) groups excluding carboxylic acids is 1. The van der Waals surface area contributed by atoms with E-state index < -0.39 is 5.43 Å². The van der Waals surface area contributed by atoms with Crippen molar-refractivity contribution in [1.82, 2.24) is 14.4 Å². The Kier molecular flexibility index (Phi) is 4.11. The van der Waals surface area contributed by atoms with Gasteiger partial charge in [-0.05, 0) is 25.0 Å². The molecule has 150 valence electrons. The van der Waals surface area contributed by atoms with Crippen LogP contribution in [0.15, 0.2) is 35.3 Å². The second-order valence-corrected chi connectivity index (χ2v) is 7.68. The van der Waals surface area contributed by atoms with Gasteiger partial charge in [-0.2, -0.15) is 4.40 Å². The molecular weight excluding hydrogens is 382 g/mol. The number of imidazole rings is 1. The molecule has 4 heterocycles. The summed E-state index contributed by atoms with van der Waals surface area (Å²) in [6.45, 7) is 1.98. The quantitative estimate of drug-likeness (QED) is 0.218. The first-order chi connectivity index (χ1) is 14.5. The number of cyclic esters (lactones) is 1. The predicted molar refractivity (Wildman–Crippen MR) is 110 cm³/mol. The highest BCUT2D eigenvalue weighted by molar-refractivity contribution is 5.88. The van der Waals surface area contributed by atoms with Crippen molar-refractivity contribution in [3.8, 4) is 0 Å². The van der Waals surface area contributed by atoms with Gasteiger partial charge < -0.3 is 10.1 Å². The maximum absolute atomic E-state index is 13.1. The van der Waals surface area contributed by atoms with Crippen LogP contribution in [-0.4, -0.2) is 32.3 Å². The van der Waals surface area contributed by atoms with Gasteiger partial charge in [-0.3, -0.25) is 15.5 Å². The number of hydrogen-bond donors (Lipinski definition) is 0. The lowest BCUT2D eigenvalue weighted by Crippen LogP contribution is -2.41. The Morgan fingerprint density at radius 3 is 2.67 bits per heavy atom. The topological polar surface area (TPSA) is 99.7 Å². The third-order valence-corrected chi connectivity index (χ3v) is 5.91. The molecule has 30 heavy (non-hydrogen) atoms. The first-order valence-electron chi connectivity index (χ1n) is 9.91. The molecule has 0 radical (unpaired) electrons. The van der Waals surface area contributed by atoms with E-state index in [1.165, 1.54) is 0 Å². The molecule has 3 aromatic heterocycles. The van der Waals surface area contributed by atoms with Gasteiger partial charge in [-0.1, -0.05) is 19.1 Å². The van der Waals surface area contributed by atoms with Crippen LogP contribution in [-0.2, 0) is 23.0 Å². The lowest BCUT2D eigenvalue weighted by atomic mass is 10.0. The summed E-state index contributed by atoms with van der Waals surface area (Å²) >= 11 is 0. The molecule has 8 nitrogen and oxygen atoms in total. The Morgan fingerprint density at radius 2 is 2.00 bits per heavy atom. The van der Waals surface area contributed by atoms with Crippen LogP contribution in [0.4, 0.5) is 0 Å². The summed E-state index contributed by atoms with van der Waals surface area (Å²) in [5.74, 6) is 1.78. The molecule has 0 saturated carbocycles. The lowest BCUT2D eigenvalue weighted by Gasteiger charge is -2.05. The Hall–Kier alpha value is -3.64. The van der Waals surface area contributed by atoms with Crippen LogP contribution in [0.3, 0.4) is 0 Å².